The number of aromatic nitrogens is 2. The number of hydrogen-bond acceptors (Lipinski definition) is 12. The molecular weight excluding hydrogens is 493 g/mol. The van der Waals surface area contributed by atoms with E-state index in [-0.39, 0.29) is 12.1 Å². The number of hydrogen-bond donors (Lipinski definition) is 5. The fourth-order valence-corrected chi connectivity index (χ4v) is 9.38. The topological polar surface area (TPSA) is 216 Å². The van der Waals surface area contributed by atoms with Crippen molar-refractivity contribution in [3.05, 3.63) is 32.6 Å². The van der Waals surface area contributed by atoms with E-state index in [2.05, 4.69) is 17.9 Å². The monoisotopic (exact) mass is 510 g/mol. The van der Waals surface area contributed by atoms with Crippen LogP contribution in [0.4, 0.5) is 0 Å². The van der Waals surface area contributed by atoms with E-state index < -0.39 is 64.6 Å². The van der Waals surface area contributed by atoms with E-state index in [1.165, 1.54) is 6.20 Å². The lowest BCUT2D eigenvalue weighted by atomic mass is 10.0. The molecule has 2 aliphatic rings. The lowest BCUT2D eigenvalue weighted by Gasteiger charge is -2.30. The number of rotatable bonds is 5. The molecule has 0 spiro atoms. The van der Waals surface area contributed by atoms with Crippen LogP contribution in [0.2, 0.25) is 0 Å². The molecule has 170 valence electrons. The molecule has 30 heavy (non-hydrogen) atoms. The van der Waals surface area contributed by atoms with Gasteiger partial charge in [0.05, 0.1) is 12.2 Å². The van der Waals surface area contributed by atoms with Crippen LogP contribution in [0.5, 0.6) is 0 Å². The summed E-state index contributed by atoms with van der Waals surface area (Å²) in [5, 5.41) is 20.5. The lowest BCUT2D eigenvalue weighted by molar-refractivity contribution is -0.0203. The minimum absolute atomic E-state index is 0.147. The van der Waals surface area contributed by atoms with Gasteiger partial charge in [-0.3, -0.25) is 9.78 Å². The number of nitrogens with one attached hydrogen (secondary N) is 1. The molecule has 0 radical (unpaired) electrons. The number of nitrogens with zero attached hydrogens (tertiary/aromatic N) is 1. The van der Waals surface area contributed by atoms with Crippen molar-refractivity contribution in [3.8, 4) is 0 Å². The Bertz CT molecular complexity index is 1060. The van der Waals surface area contributed by atoms with E-state index in [0.29, 0.717) is 0 Å². The van der Waals surface area contributed by atoms with Crippen LogP contribution in [0.25, 0.3) is 0 Å². The minimum atomic E-state index is -5.05. The molecule has 3 rings (SSSR count). The summed E-state index contributed by atoms with van der Waals surface area (Å²) in [6.45, 7) is -3.14. The highest BCUT2D eigenvalue weighted by Gasteiger charge is 2.52. The second-order valence-electron chi connectivity index (χ2n) is 6.13. The fraction of sp³-hybridized carbons (Fsp3) is 0.636. The Labute approximate surface area is 172 Å². The van der Waals surface area contributed by atoms with Gasteiger partial charge in [0.2, 0.25) is 0 Å². The third kappa shape index (κ3) is 5.08. The first-order valence-corrected chi connectivity index (χ1v) is 13.7. The SMILES string of the molecule is CCn1cc([C@@H]2O[C@H](COP3(=S)OP(=O)(O)OP(=O)(O)O3)[C@H](O)C2O)c(=O)[nH]c1=O. The number of aryl methyl sites for hydroxylation is 1. The Hall–Kier alpha value is -0.570. The summed E-state index contributed by atoms with van der Waals surface area (Å²) in [4.78, 5) is 44.5. The molecular formula is C11H17N2O13P3S. The highest BCUT2D eigenvalue weighted by atomic mass is 32.5. The first-order valence-electron chi connectivity index (χ1n) is 8.15. The average Bonchev–Trinajstić information content (AvgIpc) is 2.85. The molecule has 0 aromatic carbocycles. The van der Waals surface area contributed by atoms with Crippen molar-refractivity contribution in [2.24, 2.45) is 0 Å². The molecule has 5 N–H and O–H groups in total. The second-order valence-corrected chi connectivity index (χ2v) is 12.5. The molecule has 3 heterocycles. The number of aliphatic hydroxyl groups excluding tert-OH is 2. The first-order chi connectivity index (χ1) is 13.8. The van der Waals surface area contributed by atoms with Crippen molar-refractivity contribution >= 4 is 34.2 Å². The van der Waals surface area contributed by atoms with Crippen LogP contribution in [0.15, 0.2) is 15.8 Å². The Morgan fingerprint density at radius 2 is 1.77 bits per heavy atom. The third-order valence-corrected chi connectivity index (χ3v) is 10.9. The van der Waals surface area contributed by atoms with E-state index in [0.717, 1.165) is 4.57 Å². The van der Waals surface area contributed by atoms with Crippen molar-refractivity contribution in [2.75, 3.05) is 6.61 Å². The molecule has 2 aliphatic heterocycles. The van der Waals surface area contributed by atoms with E-state index in [1.807, 2.05) is 0 Å². The summed E-state index contributed by atoms with van der Waals surface area (Å²) in [5.74, 6) is 0. The minimum Gasteiger partial charge on any atom is -0.387 e. The average molecular weight is 510 g/mol. The fourth-order valence-electron chi connectivity index (χ4n) is 2.75. The first kappa shape index (κ1) is 24.1. The zero-order valence-corrected chi connectivity index (χ0v) is 18.5. The molecule has 0 aliphatic carbocycles. The van der Waals surface area contributed by atoms with Gasteiger partial charge in [-0.1, -0.05) is 0 Å². The molecule has 15 nitrogen and oxygen atoms in total. The Kier molecular flexibility index (Phi) is 6.75. The molecule has 19 heteroatoms. The van der Waals surface area contributed by atoms with Gasteiger partial charge in [-0.15, -0.1) is 0 Å². The molecule has 3 unspecified atom stereocenters. The highest BCUT2D eigenvalue weighted by molar-refractivity contribution is 8.11. The summed E-state index contributed by atoms with van der Waals surface area (Å²) in [6.07, 6.45) is -4.79. The van der Waals surface area contributed by atoms with Crippen LogP contribution in [0, 0.1) is 0 Å². The normalized spacial score (nSPS) is 41.8. The molecule has 6 atom stereocenters. The number of ether oxygens (including phenoxy) is 1. The molecule has 0 saturated carbocycles. The van der Waals surface area contributed by atoms with Crippen LogP contribution in [-0.2, 0) is 49.7 Å². The number of phosphoric acid groups is 2. The van der Waals surface area contributed by atoms with Crippen LogP contribution in [-0.4, -0.2) is 54.5 Å². The molecule has 0 bridgehead atoms. The van der Waals surface area contributed by atoms with Gasteiger partial charge in [0, 0.05) is 12.7 Å². The smallest absolute Gasteiger partial charge is 0.387 e. The van der Waals surface area contributed by atoms with Gasteiger partial charge in [-0.2, -0.15) is 4.31 Å². The zero-order valence-electron chi connectivity index (χ0n) is 15.0. The predicted octanol–water partition coefficient (Wildman–Crippen LogP) is -0.777. The number of aliphatic hydroxyl groups is 2. The molecule has 1 aromatic rings. The maximum Gasteiger partial charge on any atom is 0.488 e. The summed E-state index contributed by atoms with van der Waals surface area (Å²) in [5.41, 5.74) is -1.66. The molecule has 2 fully saturated rings. The third-order valence-electron chi connectivity index (χ3n) is 4.06. The lowest BCUT2D eigenvalue weighted by Crippen LogP contribution is -2.36. The highest BCUT2D eigenvalue weighted by Crippen LogP contribution is 2.80. The molecule has 1 aromatic heterocycles. The Balaban J connectivity index is 1.78. The van der Waals surface area contributed by atoms with Gasteiger partial charge < -0.3 is 33.8 Å². The Morgan fingerprint density at radius 1 is 1.17 bits per heavy atom. The van der Waals surface area contributed by atoms with Crippen LogP contribution < -0.4 is 11.2 Å². The predicted molar refractivity (Wildman–Crippen MR) is 99.8 cm³/mol. The van der Waals surface area contributed by atoms with Crippen LogP contribution in [0.1, 0.15) is 18.6 Å². The summed E-state index contributed by atoms with van der Waals surface area (Å²) in [6, 6.07) is 0. The largest absolute Gasteiger partial charge is 0.488 e. The van der Waals surface area contributed by atoms with Crippen molar-refractivity contribution in [1.82, 2.24) is 9.55 Å². The Morgan fingerprint density at radius 3 is 2.33 bits per heavy atom. The molecule has 2 saturated heterocycles. The summed E-state index contributed by atoms with van der Waals surface area (Å²) < 4.78 is 47.4. The van der Waals surface area contributed by atoms with Gasteiger partial charge in [-0.25, -0.2) is 22.5 Å². The van der Waals surface area contributed by atoms with Crippen LogP contribution >= 0.6 is 22.4 Å². The standard InChI is InChI=1S/C11H17N2O13P3S/c1-2-13-3-5(10(16)12-11(13)17)9-8(15)7(14)6(23-9)4-22-29(30)25-27(18,19)24-28(20,21)26-29/h3,6-9,14-15H,2,4H2,1H3,(H,18,19)(H,20,21)(H,12,16,17)/t6-,7+,8?,9+/m1/s1. The van der Waals surface area contributed by atoms with E-state index in [9.17, 15) is 38.7 Å². The van der Waals surface area contributed by atoms with Crippen molar-refractivity contribution in [2.45, 2.75) is 37.9 Å². The summed E-state index contributed by atoms with van der Waals surface area (Å²) in [7, 11) is -10.1. The zero-order chi connectivity index (χ0) is 22.5. The number of H-pyrrole nitrogens is 1. The van der Waals surface area contributed by atoms with Gasteiger partial charge in [0.15, 0.2) is 0 Å². The van der Waals surface area contributed by atoms with Gasteiger partial charge in [0.1, 0.15) is 24.4 Å². The van der Waals surface area contributed by atoms with Crippen molar-refractivity contribution < 1.29 is 51.3 Å². The van der Waals surface area contributed by atoms with Crippen molar-refractivity contribution in [3.63, 3.8) is 0 Å². The van der Waals surface area contributed by atoms with Crippen molar-refractivity contribution in [1.29, 1.82) is 0 Å². The second kappa shape index (κ2) is 8.41. The van der Waals surface area contributed by atoms with E-state index >= 15 is 0 Å². The van der Waals surface area contributed by atoms with E-state index in [1.54, 1.807) is 6.92 Å². The van der Waals surface area contributed by atoms with Gasteiger partial charge >= 0.3 is 28.1 Å². The van der Waals surface area contributed by atoms with Gasteiger partial charge in [-0.05, 0) is 18.7 Å². The maximum absolute atomic E-state index is 12.1. The maximum atomic E-state index is 12.1. The van der Waals surface area contributed by atoms with Crippen LogP contribution in [0.3, 0.4) is 0 Å². The molecule has 0 amide bonds. The van der Waals surface area contributed by atoms with E-state index in [4.69, 9.17) is 21.1 Å². The summed E-state index contributed by atoms with van der Waals surface area (Å²) >= 11 is 4.75. The quantitative estimate of drug-likeness (QED) is 0.307. The van der Waals surface area contributed by atoms with Gasteiger partial charge in [0.25, 0.3) is 5.56 Å². The number of aromatic amines is 1.